The van der Waals surface area contributed by atoms with Gasteiger partial charge >= 0.3 is 5.56 Å². The number of hydrogen-bond donors (Lipinski definition) is 1. The Morgan fingerprint density at radius 3 is 2.50 bits per heavy atom. The van der Waals surface area contributed by atoms with Gasteiger partial charge in [0, 0.05) is 17.7 Å². The molecule has 2 heterocycles. The molecule has 0 bridgehead atoms. The molecule has 4 rings (SSSR count). The van der Waals surface area contributed by atoms with Crippen molar-refractivity contribution in [1.82, 2.24) is 19.8 Å². The van der Waals surface area contributed by atoms with Crippen molar-refractivity contribution in [2.45, 2.75) is 6.42 Å². The molecule has 0 fully saturated rings. The Hall–Kier alpha value is -3.06. The van der Waals surface area contributed by atoms with Crippen LogP contribution < -0.4 is 11.3 Å². The van der Waals surface area contributed by atoms with Crippen molar-refractivity contribution in [1.29, 1.82) is 0 Å². The van der Waals surface area contributed by atoms with Crippen molar-refractivity contribution >= 4 is 22.0 Å². The van der Waals surface area contributed by atoms with E-state index in [0.717, 1.165) is 21.8 Å². The number of fused-ring (bicyclic) bond motifs is 1. The van der Waals surface area contributed by atoms with Gasteiger partial charge in [-0.1, -0.05) is 53.8 Å². The maximum Gasteiger partial charge on any atom is 0.302 e. The molecule has 0 amide bonds. The van der Waals surface area contributed by atoms with Crippen LogP contribution in [0.2, 0.25) is 0 Å². The first-order chi connectivity index (χ1) is 11.7. The Morgan fingerprint density at radius 1 is 1.00 bits per heavy atom. The molecule has 24 heavy (non-hydrogen) atoms. The summed E-state index contributed by atoms with van der Waals surface area (Å²) in [7, 11) is 0. The zero-order chi connectivity index (χ0) is 16.5. The van der Waals surface area contributed by atoms with Gasteiger partial charge in [-0.15, -0.1) is 10.2 Å². The lowest BCUT2D eigenvalue weighted by Crippen LogP contribution is -2.19. The average Bonchev–Trinajstić information content (AvgIpc) is 3.02. The Bertz CT molecular complexity index is 1050. The van der Waals surface area contributed by atoms with E-state index in [0.29, 0.717) is 17.1 Å². The molecular formula is C17H13N5OS. The highest BCUT2D eigenvalue weighted by molar-refractivity contribution is 7.16. The SMILES string of the molecule is Nc1ccc(Cc2nn3c(=O)c(-c4ccccc4)nnc3s2)cc1. The summed E-state index contributed by atoms with van der Waals surface area (Å²) in [5.41, 5.74) is 8.27. The molecule has 2 N–H and O–H groups in total. The van der Waals surface area contributed by atoms with E-state index in [4.69, 9.17) is 5.73 Å². The monoisotopic (exact) mass is 335 g/mol. The Morgan fingerprint density at radius 2 is 1.75 bits per heavy atom. The van der Waals surface area contributed by atoms with Crippen LogP contribution in [-0.4, -0.2) is 19.8 Å². The van der Waals surface area contributed by atoms with E-state index in [1.165, 1.54) is 15.9 Å². The molecular weight excluding hydrogens is 322 g/mol. The van der Waals surface area contributed by atoms with E-state index in [2.05, 4.69) is 15.3 Å². The van der Waals surface area contributed by atoms with Crippen molar-refractivity contribution in [2.24, 2.45) is 0 Å². The molecule has 2 aromatic carbocycles. The summed E-state index contributed by atoms with van der Waals surface area (Å²) in [6, 6.07) is 16.9. The number of nitrogens with two attached hydrogens (primary N) is 1. The van der Waals surface area contributed by atoms with Crippen LogP contribution in [0, 0.1) is 0 Å². The average molecular weight is 335 g/mol. The summed E-state index contributed by atoms with van der Waals surface area (Å²) < 4.78 is 1.33. The minimum atomic E-state index is -0.258. The highest BCUT2D eigenvalue weighted by Crippen LogP contribution is 2.18. The summed E-state index contributed by atoms with van der Waals surface area (Å²) in [5, 5.41) is 13.4. The van der Waals surface area contributed by atoms with E-state index >= 15 is 0 Å². The summed E-state index contributed by atoms with van der Waals surface area (Å²) in [6.45, 7) is 0. The highest BCUT2D eigenvalue weighted by Gasteiger charge is 2.13. The van der Waals surface area contributed by atoms with E-state index in [-0.39, 0.29) is 5.56 Å². The minimum Gasteiger partial charge on any atom is -0.399 e. The van der Waals surface area contributed by atoms with Gasteiger partial charge in [-0.3, -0.25) is 4.79 Å². The third-order valence-electron chi connectivity index (χ3n) is 3.61. The summed E-state index contributed by atoms with van der Waals surface area (Å²) in [5.74, 6) is 0. The van der Waals surface area contributed by atoms with E-state index in [9.17, 15) is 4.79 Å². The fraction of sp³-hybridized carbons (Fsp3) is 0.0588. The van der Waals surface area contributed by atoms with Crippen LogP contribution in [-0.2, 0) is 6.42 Å². The first-order valence-corrected chi connectivity index (χ1v) is 8.17. The number of anilines is 1. The molecule has 0 saturated heterocycles. The number of rotatable bonds is 3. The summed E-state index contributed by atoms with van der Waals surface area (Å²) >= 11 is 1.36. The molecule has 118 valence electrons. The van der Waals surface area contributed by atoms with Gasteiger partial charge in [0.05, 0.1) is 0 Å². The summed E-state index contributed by atoms with van der Waals surface area (Å²) in [6.07, 6.45) is 0.619. The number of hydrogen-bond acceptors (Lipinski definition) is 6. The van der Waals surface area contributed by atoms with Crippen LogP contribution in [0.15, 0.2) is 59.4 Å². The molecule has 0 aliphatic heterocycles. The lowest BCUT2D eigenvalue weighted by atomic mass is 10.1. The van der Waals surface area contributed by atoms with Gasteiger partial charge in [-0.2, -0.15) is 9.61 Å². The highest BCUT2D eigenvalue weighted by atomic mass is 32.1. The van der Waals surface area contributed by atoms with Crippen molar-refractivity contribution in [2.75, 3.05) is 5.73 Å². The quantitative estimate of drug-likeness (QED) is 0.581. The molecule has 0 aliphatic rings. The second-order valence-corrected chi connectivity index (χ2v) is 6.37. The smallest absolute Gasteiger partial charge is 0.302 e. The second-order valence-electron chi connectivity index (χ2n) is 5.33. The van der Waals surface area contributed by atoms with E-state index in [1.807, 2.05) is 54.6 Å². The van der Waals surface area contributed by atoms with E-state index < -0.39 is 0 Å². The molecule has 0 aliphatic carbocycles. The Balaban J connectivity index is 1.74. The number of aromatic nitrogens is 4. The molecule has 0 saturated carbocycles. The minimum absolute atomic E-state index is 0.258. The molecule has 0 spiro atoms. The third kappa shape index (κ3) is 2.65. The summed E-state index contributed by atoms with van der Waals surface area (Å²) in [4.78, 5) is 13.1. The second kappa shape index (κ2) is 5.86. The third-order valence-corrected chi connectivity index (χ3v) is 4.51. The molecule has 6 nitrogen and oxygen atoms in total. The predicted octanol–water partition coefficient (Wildman–Crippen LogP) is 2.39. The van der Waals surface area contributed by atoms with Crippen LogP contribution in [0.1, 0.15) is 10.6 Å². The van der Waals surface area contributed by atoms with Crippen molar-refractivity contribution in [3.63, 3.8) is 0 Å². The molecule has 0 unspecified atom stereocenters. The first-order valence-electron chi connectivity index (χ1n) is 7.36. The van der Waals surface area contributed by atoms with Crippen LogP contribution in [0.5, 0.6) is 0 Å². The molecule has 2 aromatic heterocycles. The van der Waals surface area contributed by atoms with Gasteiger partial charge in [0.15, 0.2) is 5.69 Å². The molecule has 7 heteroatoms. The maximum atomic E-state index is 12.6. The van der Waals surface area contributed by atoms with Gasteiger partial charge < -0.3 is 5.73 Å². The van der Waals surface area contributed by atoms with Crippen molar-refractivity contribution in [3.8, 4) is 11.3 Å². The Labute approximate surface area is 141 Å². The fourth-order valence-electron chi connectivity index (χ4n) is 2.41. The van der Waals surface area contributed by atoms with Gasteiger partial charge in [0.1, 0.15) is 5.01 Å². The number of benzene rings is 2. The van der Waals surface area contributed by atoms with Crippen LogP contribution >= 0.6 is 11.3 Å². The first kappa shape index (κ1) is 14.5. The maximum absolute atomic E-state index is 12.6. The largest absolute Gasteiger partial charge is 0.399 e. The van der Waals surface area contributed by atoms with Gasteiger partial charge in [-0.05, 0) is 17.7 Å². The van der Waals surface area contributed by atoms with Crippen molar-refractivity contribution < 1.29 is 0 Å². The molecule has 0 atom stereocenters. The zero-order valence-corrected chi connectivity index (χ0v) is 13.4. The Kier molecular flexibility index (Phi) is 3.55. The normalized spacial score (nSPS) is 11.0. The van der Waals surface area contributed by atoms with Gasteiger partial charge in [-0.25, -0.2) is 0 Å². The van der Waals surface area contributed by atoms with E-state index in [1.54, 1.807) is 0 Å². The predicted molar refractivity (Wildman–Crippen MR) is 94.0 cm³/mol. The topological polar surface area (TPSA) is 86.2 Å². The van der Waals surface area contributed by atoms with Crippen LogP contribution in [0.3, 0.4) is 0 Å². The van der Waals surface area contributed by atoms with Crippen LogP contribution in [0.4, 0.5) is 5.69 Å². The fourth-order valence-corrected chi connectivity index (χ4v) is 3.28. The standard InChI is InChI=1S/C17H13N5OS/c18-13-8-6-11(7-9-13)10-14-21-22-16(23)15(19-20-17(22)24-14)12-4-2-1-3-5-12/h1-9H,10,18H2. The molecule has 0 radical (unpaired) electrons. The number of nitrogens with zero attached hydrogens (tertiary/aromatic N) is 4. The van der Waals surface area contributed by atoms with Crippen molar-refractivity contribution in [3.05, 3.63) is 75.5 Å². The lowest BCUT2D eigenvalue weighted by Gasteiger charge is -1.98. The zero-order valence-electron chi connectivity index (χ0n) is 12.6. The van der Waals surface area contributed by atoms with Gasteiger partial charge in [0.25, 0.3) is 0 Å². The lowest BCUT2D eigenvalue weighted by molar-refractivity contribution is 0.837. The van der Waals surface area contributed by atoms with Crippen LogP contribution in [0.25, 0.3) is 16.2 Å². The van der Waals surface area contributed by atoms with Gasteiger partial charge in [0.2, 0.25) is 4.96 Å². The number of nitrogen functional groups attached to an aromatic ring is 1. The molecule has 4 aromatic rings.